The van der Waals surface area contributed by atoms with Gasteiger partial charge in [0.05, 0.1) is 32.0 Å². The fraction of sp³-hybridized carbons (Fsp3) is 0.263. The Labute approximate surface area is 162 Å². The standard InChI is InChI=1S/C19H21ClN2O5/c1-12(23)22(16-10-14(25-2)6-8-18(16)27-4)11-19(24)21-13-5-7-17(26-3)15(20)9-13/h5-10H,11H2,1-4H3,(H,21,24). The van der Waals surface area contributed by atoms with Crippen molar-refractivity contribution in [2.24, 2.45) is 0 Å². The predicted octanol–water partition coefficient (Wildman–Crippen LogP) is 3.36. The summed E-state index contributed by atoms with van der Waals surface area (Å²) in [7, 11) is 4.51. The Morgan fingerprint density at radius 2 is 1.67 bits per heavy atom. The van der Waals surface area contributed by atoms with Gasteiger partial charge in [-0.3, -0.25) is 14.5 Å². The topological polar surface area (TPSA) is 77.1 Å². The summed E-state index contributed by atoms with van der Waals surface area (Å²) in [4.78, 5) is 25.9. The zero-order valence-corrected chi connectivity index (χ0v) is 16.3. The van der Waals surface area contributed by atoms with Crippen LogP contribution in [-0.2, 0) is 9.59 Å². The number of anilines is 2. The lowest BCUT2D eigenvalue weighted by molar-refractivity contribution is -0.120. The molecule has 0 atom stereocenters. The van der Waals surface area contributed by atoms with Crippen LogP contribution in [0.2, 0.25) is 5.02 Å². The van der Waals surface area contributed by atoms with Gasteiger partial charge in [-0.15, -0.1) is 0 Å². The van der Waals surface area contributed by atoms with Crippen LogP contribution in [0.3, 0.4) is 0 Å². The normalized spacial score (nSPS) is 10.1. The number of hydrogen-bond acceptors (Lipinski definition) is 5. The van der Waals surface area contributed by atoms with Gasteiger partial charge in [0.1, 0.15) is 23.8 Å². The van der Waals surface area contributed by atoms with Crippen molar-refractivity contribution in [1.29, 1.82) is 0 Å². The molecule has 27 heavy (non-hydrogen) atoms. The van der Waals surface area contributed by atoms with E-state index < -0.39 is 5.91 Å². The quantitative estimate of drug-likeness (QED) is 0.781. The van der Waals surface area contributed by atoms with Gasteiger partial charge in [-0.2, -0.15) is 0 Å². The highest BCUT2D eigenvalue weighted by Gasteiger charge is 2.20. The van der Waals surface area contributed by atoms with Crippen molar-refractivity contribution in [2.45, 2.75) is 6.92 Å². The summed E-state index contributed by atoms with van der Waals surface area (Å²) in [6.45, 7) is 1.17. The molecule has 0 aliphatic rings. The fourth-order valence-corrected chi connectivity index (χ4v) is 2.72. The second-order valence-corrected chi connectivity index (χ2v) is 5.95. The number of ether oxygens (including phenoxy) is 3. The Balaban J connectivity index is 2.22. The summed E-state index contributed by atoms with van der Waals surface area (Å²) < 4.78 is 15.6. The first-order chi connectivity index (χ1) is 12.9. The number of halogens is 1. The van der Waals surface area contributed by atoms with Gasteiger partial charge in [0.15, 0.2) is 0 Å². The highest BCUT2D eigenvalue weighted by Crippen LogP contribution is 2.32. The Bertz CT molecular complexity index is 841. The first-order valence-corrected chi connectivity index (χ1v) is 8.41. The smallest absolute Gasteiger partial charge is 0.244 e. The van der Waals surface area contributed by atoms with E-state index in [1.54, 1.807) is 36.4 Å². The minimum atomic E-state index is -0.392. The van der Waals surface area contributed by atoms with E-state index in [9.17, 15) is 9.59 Å². The molecular formula is C19H21ClN2O5. The summed E-state index contributed by atoms with van der Waals surface area (Å²) in [6.07, 6.45) is 0. The van der Waals surface area contributed by atoms with Crippen molar-refractivity contribution in [3.63, 3.8) is 0 Å². The number of methoxy groups -OCH3 is 3. The molecule has 0 aliphatic carbocycles. The largest absolute Gasteiger partial charge is 0.497 e. The molecule has 2 rings (SSSR count). The summed E-state index contributed by atoms with van der Waals surface area (Å²) in [5.41, 5.74) is 0.930. The molecule has 0 heterocycles. The maximum absolute atomic E-state index is 12.5. The molecule has 0 fully saturated rings. The van der Waals surface area contributed by atoms with Crippen LogP contribution in [0.25, 0.3) is 0 Å². The summed E-state index contributed by atoms with van der Waals surface area (Å²) in [5, 5.41) is 3.08. The molecule has 0 aliphatic heterocycles. The van der Waals surface area contributed by atoms with Gasteiger partial charge >= 0.3 is 0 Å². The Morgan fingerprint density at radius 3 is 2.22 bits per heavy atom. The van der Waals surface area contributed by atoms with E-state index in [0.717, 1.165) is 0 Å². The van der Waals surface area contributed by atoms with Crippen LogP contribution < -0.4 is 24.4 Å². The number of carbonyl (C=O) groups is 2. The number of rotatable bonds is 7. The second kappa shape index (κ2) is 9.14. The van der Waals surface area contributed by atoms with Gasteiger partial charge in [0, 0.05) is 18.7 Å². The molecule has 0 saturated heterocycles. The number of nitrogens with zero attached hydrogens (tertiary/aromatic N) is 1. The van der Waals surface area contributed by atoms with E-state index in [0.29, 0.717) is 33.6 Å². The lowest BCUT2D eigenvalue weighted by Gasteiger charge is -2.23. The van der Waals surface area contributed by atoms with Crippen LogP contribution in [0, 0.1) is 0 Å². The molecule has 2 aromatic rings. The first kappa shape index (κ1) is 20.4. The number of hydrogen-bond donors (Lipinski definition) is 1. The third-order valence-corrected chi connectivity index (χ3v) is 4.09. The van der Waals surface area contributed by atoms with Gasteiger partial charge in [-0.05, 0) is 30.3 Å². The minimum Gasteiger partial charge on any atom is -0.497 e. The van der Waals surface area contributed by atoms with Crippen LogP contribution in [0.4, 0.5) is 11.4 Å². The SMILES string of the molecule is COc1ccc(OC)c(N(CC(=O)Nc2ccc(OC)c(Cl)c2)C(C)=O)c1. The Hall–Kier alpha value is -2.93. The van der Waals surface area contributed by atoms with Gasteiger partial charge in [-0.25, -0.2) is 0 Å². The number of nitrogens with one attached hydrogen (secondary N) is 1. The van der Waals surface area contributed by atoms with Crippen molar-refractivity contribution >= 4 is 34.8 Å². The van der Waals surface area contributed by atoms with Gasteiger partial charge in [-0.1, -0.05) is 11.6 Å². The molecule has 0 saturated carbocycles. The first-order valence-electron chi connectivity index (χ1n) is 8.03. The maximum Gasteiger partial charge on any atom is 0.244 e. The van der Waals surface area contributed by atoms with Crippen LogP contribution in [0.5, 0.6) is 17.2 Å². The molecule has 144 valence electrons. The van der Waals surface area contributed by atoms with Crippen LogP contribution in [0.15, 0.2) is 36.4 Å². The van der Waals surface area contributed by atoms with E-state index in [4.69, 9.17) is 25.8 Å². The fourth-order valence-electron chi connectivity index (χ4n) is 2.46. The molecule has 0 bridgehead atoms. The zero-order chi connectivity index (χ0) is 20.0. The van der Waals surface area contributed by atoms with Crippen molar-refractivity contribution in [1.82, 2.24) is 0 Å². The maximum atomic E-state index is 12.5. The second-order valence-electron chi connectivity index (χ2n) is 5.54. The van der Waals surface area contributed by atoms with E-state index in [2.05, 4.69) is 5.32 Å². The van der Waals surface area contributed by atoms with Crippen LogP contribution >= 0.6 is 11.6 Å². The molecule has 0 aromatic heterocycles. The van der Waals surface area contributed by atoms with Gasteiger partial charge in [0.2, 0.25) is 11.8 Å². The molecule has 0 spiro atoms. The van der Waals surface area contributed by atoms with E-state index >= 15 is 0 Å². The average molecular weight is 393 g/mol. The molecular weight excluding hydrogens is 372 g/mol. The Morgan fingerprint density at radius 1 is 1.00 bits per heavy atom. The highest BCUT2D eigenvalue weighted by molar-refractivity contribution is 6.32. The monoisotopic (exact) mass is 392 g/mol. The number of carbonyl (C=O) groups excluding carboxylic acids is 2. The van der Waals surface area contributed by atoms with Crippen LogP contribution in [0.1, 0.15) is 6.92 Å². The predicted molar refractivity (Wildman–Crippen MR) is 104 cm³/mol. The van der Waals surface area contributed by atoms with Crippen molar-refractivity contribution in [3.8, 4) is 17.2 Å². The summed E-state index contributed by atoms with van der Waals surface area (Å²) in [6, 6.07) is 9.89. The molecule has 7 nitrogen and oxygen atoms in total. The van der Waals surface area contributed by atoms with E-state index in [-0.39, 0.29) is 12.5 Å². The van der Waals surface area contributed by atoms with Crippen LogP contribution in [-0.4, -0.2) is 39.7 Å². The molecule has 2 aromatic carbocycles. The molecule has 8 heteroatoms. The van der Waals surface area contributed by atoms with E-state index in [1.807, 2.05) is 0 Å². The number of amides is 2. The molecule has 0 unspecified atom stereocenters. The minimum absolute atomic E-state index is 0.206. The molecule has 1 N–H and O–H groups in total. The average Bonchev–Trinajstić information content (AvgIpc) is 2.65. The number of benzene rings is 2. The molecule has 0 radical (unpaired) electrons. The zero-order valence-electron chi connectivity index (χ0n) is 15.5. The summed E-state index contributed by atoms with van der Waals surface area (Å²) in [5.74, 6) is 0.785. The lowest BCUT2D eigenvalue weighted by atomic mass is 10.2. The van der Waals surface area contributed by atoms with Crippen molar-refractivity contribution in [3.05, 3.63) is 41.4 Å². The van der Waals surface area contributed by atoms with E-state index in [1.165, 1.54) is 33.2 Å². The summed E-state index contributed by atoms with van der Waals surface area (Å²) >= 11 is 6.07. The highest BCUT2D eigenvalue weighted by atomic mass is 35.5. The lowest BCUT2D eigenvalue weighted by Crippen LogP contribution is -2.37. The van der Waals surface area contributed by atoms with Crippen molar-refractivity contribution < 1.29 is 23.8 Å². The van der Waals surface area contributed by atoms with Crippen molar-refractivity contribution in [2.75, 3.05) is 38.1 Å². The van der Waals surface area contributed by atoms with Gasteiger partial charge in [0.25, 0.3) is 0 Å². The Kier molecular flexibility index (Phi) is 6.90. The third-order valence-electron chi connectivity index (χ3n) is 3.79. The third kappa shape index (κ3) is 5.04. The van der Waals surface area contributed by atoms with Gasteiger partial charge < -0.3 is 19.5 Å². The molecule has 2 amide bonds.